The van der Waals surface area contributed by atoms with Crippen LogP contribution in [0.15, 0.2) is 23.4 Å². The summed E-state index contributed by atoms with van der Waals surface area (Å²) in [5, 5.41) is 0.677. The number of rotatable bonds is 5. The van der Waals surface area contributed by atoms with Gasteiger partial charge < -0.3 is 0 Å². The van der Waals surface area contributed by atoms with E-state index in [1.807, 2.05) is 0 Å². The largest absolute Gasteiger partial charge is 0.295 e. The summed E-state index contributed by atoms with van der Waals surface area (Å²) in [6.07, 6.45) is 2.76. The molecule has 88 valence electrons. The van der Waals surface area contributed by atoms with E-state index in [0.717, 1.165) is 0 Å². The molecule has 1 aromatic heterocycles. The van der Waals surface area contributed by atoms with Gasteiger partial charge in [0, 0.05) is 23.8 Å². The highest BCUT2D eigenvalue weighted by Crippen LogP contribution is 2.16. The first-order valence-electron chi connectivity index (χ1n) is 4.66. The van der Waals surface area contributed by atoms with Crippen LogP contribution in [0.3, 0.4) is 0 Å². The molecular formula is C10H13NO3S2. The van der Waals surface area contributed by atoms with Crippen molar-refractivity contribution in [2.75, 3.05) is 17.8 Å². The highest BCUT2D eigenvalue weighted by Gasteiger charge is 2.05. The van der Waals surface area contributed by atoms with Crippen molar-refractivity contribution in [2.24, 2.45) is 0 Å². The summed E-state index contributed by atoms with van der Waals surface area (Å²) in [7, 11) is -2.94. The molecule has 0 saturated carbocycles. The molecule has 0 atom stereocenters. The number of Topliss-reactive ketones (excluding diaryl/α,β-unsaturated/α-hetero) is 1. The molecule has 4 nitrogen and oxygen atoms in total. The second-order valence-corrected chi connectivity index (χ2v) is 6.79. The number of aromatic nitrogens is 1. The number of ketones is 1. The van der Waals surface area contributed by atoms with Gasteiger partial charge in [-0.25, -0.2) is 13.4 Å². The number of sulfone groups is 1. The molecule has 0 aromatic carbocycles. The zero-order chi connectivity index (χ0) is 12.2. The number of hydrogen-bond donors (Lipinski definition) is 0. The Balaban J connectivity index is 2.61. The Morgan fingerprint density at radius 1 is 1.50 bits per heavy atom. The Labute approximate surface area is 99.4 Å². The molecule has 0 aliphatic carbocycles. The molecule has 1 rings (SSSR count). The first kappa shape index (κ1) is 13.2. The molecule has 16 heavy (non-hydrogen) atoms. The Hall–Kier alpha value is -0.880. The van der Waals surface area contributed by atoms with E-state index in [2.05, 4.69) is 4.98 Å². The number of carbonyl (C=O) groups excluding carboxylic acids is 1. The quantitative estimate of drug-likeness (QED) is 0.591. The van der Waals surface area contributed by atoms with Gasteiger partial charge in [-0.2, -0.15) is 0 Å². The summed E-state index contributed by atoms with van der Waals surface area (Å²) in [4.78, 5) is 15.2. The molecule has 1 heterocycles. The maximum absolute atomic E-state index is 11.1. The van der Waals surface area contributed by atoms with Crippen LogP contribution in [0.25, 0.3) is 0 Å². The Morgan fingerprint density at radius 2 is 2.19 bits per heavy atom. The third-order valence-corrected chi connectivity index (χ3v) is 3.98. The van der Waals surface area contributed by atoms with Gasteiger partial charge in [0.2, 0.25) is 0 Å². The van der Waals surface area contributed by atoms with Crippen molar-refractivity contribution >= 4 is 27.4 Å². The fourth-order valence-electron chi connectivity index (χ4n) is 1.00. The Kier molecular flexibility index (Phi) is 4.49. The monoisotopic (exact) mass is 259 g/mol. The molecule has 0 saturated heterocycles. The summed E-state index contributed by atoms with van der Waals surface area (Å²) in [5.41, 5.74) is 0.594. The third-order valence-electron chi connectivity index (χ3n) is 1.85. The maximum Gasteiger partial charge on any atom is 0.159 e. The van der Waals surface area contributed by atoms with Gasteiger partial charge in [0.05, 0.1) is 10.8 Å². The lowest BCUT2D eigenvalue weighted by molar-refractivity contribution is 0.101. The highest BCUT2D eigenvalue weighted by molar-refractivity contribution is 8.00. The number of thioether (sulfide) groups is 1. The van der Waals surface area contributed by atoms with Crippen LogP contribution in [-0.2, 0) is 9.84 Å². The molecular weight excluding hydrogens is 246 g/mol. The minimum absolute atomic E-state index is 0.0210. The second-order valence-electron chi connectivity index (χ2n) is 3.42. The predicted molar refractivity (Wildman–Crippen MR) is 64.7 cm³/mol. The normalized spacial score (nSPS) is 11.4. The molecule has 0 N–H and O–H groups in total. The van der Waals surface area contributed by atoms with Gasteiger partial charge in [0.25, 0.3) is 0 Å². The topological polar surface area (TPSA) is 64.1 Å². The molecule has 0 radical (unpaired) electrons. The van der Waals surface area contributed by atoms with Crippen molar-refractivity contribution < 1.29 is 13.2 Å². The van der Waals surface area contributed by atoms with Crippen LogP contribution in [0.2, 0.25) is 0 Å². The van der Waals surface area contributed by atoms with E-state index in [4.69, 9.17) is 0 Å². The van der Waals surface area contributed by atoms with Gasteiger partial charge in [0.15, 0.2) is 5.78 Å². The molecule has 0 unspecified atom stereocenters. The number of hydrogen-bond acceptors (Lipinski definition) is 5. The molecule has 0 aliphatic heterocycles. The molecule has 6 heteroatoms. The molecule has 0 fully saturated rings. The number of carbonyl (C=O) groups is 1. The van der Waals surface area contributed by atoms with Crippen LogP contribution in [0.4, 0.5) is 0 Å². The lowest BCUT2D eigenvalue weighted by Crippen LogP contribution is -2.05. The van der Waals surface area contributed by atoms with Crippen molar-refractivity contribution in [1.29, 1.82) is 0 Å². The van der Waals surface area contributed by atoms with Crippen LogP contribution in [-0.4, -0.2) is 36.9 Å². The zero-order valence-corrected chi connectivity index (χ0v) is 10.8. The molecule has 1 aromatic rings. The van der Waals surface area contributed by atoms with Crippen LogP contribution < -0.4 is 0 Å². The van der Waals surface area contributed by atoms with E-state index in [0.29, 0.717) is 16.3 Å². The van der Waals surface area contributed by atoms with Crippen LogP contribution in [0.1, 0.15) is 17.3 Å². The van der Waals surface area contributed by atoms with Gasteiger partial charge in [-0.05, 0) is 19.1 Å². The SMILES string of the molecule is CC(=O)c1ccnc(SCCS(C)(=O)=O)c1. The minimum atomic E-state index is -2.94. The molecule has 0 bridgehead atoms. The summed E-state index contributed by atoms with van der Waals surface area (Å²) in [6.45, 7) is 1.49. The van der Waals surface area contributed by atoms with Crippen molar-refractivity contribution in [2.45, 2.75) is 11.9 Å². The Morgan fingerprint density at radius 3 is 2.75 bits per heavy atom. The van der Waals surface area contributed by atoms with E-state index in [-0.39, 0.29) is 11.5 Å². The summed E-state index contributed by atoms with van der Waals surface area (Å²) in [6, 6.07) is 3.32. The summed E-state index contributed by atoms with van der Waals surface area (Å²) < 4.78 is 21.8. The predicted octanol–water partition coefficient (Wildman–Crippen LogP) is 1.42. The van der Waals surface area contributed by atoms with E-state index >= 15 is 0 Å². The highest BCUT2D eigenvalue weighted by atomic mass is 32.2. The fourth-order valence-corrected chi connectivity index (χ4v) is 3.10. The van der Waals surface area contributed by atoms with Crippen molar-refractivity contribution in [3.8, 4) is 0 Å². The average Bonchev–Trinajstić information content (AvgIpc) is 2.16. The minimum Gasteiger partial charge on any atom is -0.295 e. The van der Waals surface area contributed by atoms with Gasteiger partial charge in [-0.3, -0.25) is 4.79 Å². The zero-order valence-electron chi connectivity index (χ0n) is 9.13. The van der Waals surface area contributed by atoms with Gasteiger partial charge >= 0.3 is 0 Å². The van der Waals surface area contributed by atoms with Crippen molar-refractivity contribution in [1.82, 2.24) is 4.98 Å². The average molecular weight is 259 g/mol. The third kappa shape index (κ3) is 4.76. The van der Waals surface area contributed by atoms with Gasteiger partial charge in [-0.15, -0.1) is 11.8 Å². The fraction of sp³-hybridized carbons (Fsp3) is 0.400. The van der Waals surface area contributed by atoms with Crippen LogP contribution >= 0.6 is 11.8 Å². The number of pyridine rings is 1. The molecule has 0 aliphatic rings. The van der Waals surface area contributed by atoms with Gasteiger partial charge in [0.1, 0.15) is 9.84 Å². The summed E-state index contributed by atoms with van der Waals surface area (Å²) >= 11 is 1.34. The Bertz CT molecular complexity index is 483. The molecule has 0 amide bonds. The summed E-state index contributed by atoms with van der Waals surface area (Å²) in [5.74, 6) is 0.545. The first-order chi connectivity index (χ1) is 7.38. The standard InChI is InChI=1S/C10H13NO3S2/c1-8(12)9-3-4-11-10(7-9)15-5-6-16(2,13)14/h3-4,7H,5-6H2,1-2H3. The van der Waals surface area contributed by atoms with E-state index in [1.165, 1.54) is 24.9 Å². The lowest BCUT2D eigenvalue weighted by Gasteiger charge is -2.01. The number of nitrogens with zero attached hydrogens (tertiary/aromatic N) is 1. The van der Waals surface area contributed by atoms with Gasteiger partial charge in [-0.1, -0.05) is 0 Å². The second kappa shape index (κ2) is 5.45. The van der Waals surface area contributed by atoms with E-state index < -0.39 is 9.84 Å². The maximum atomic E-state index is 11.1. The van der Waals surface area contributed by atoms with Crippen molar-refractivity contribution in [3.63, 3.8) is 0 Å². The first-order valence-corrected chi connectivity index (χ1v) is 7.70. The van der Waals surface area contributed by atoms with E-state index in [9.17, 15) is 13.2 Å². The lowest BCUT2D eigenvalue weighted by atomic mass is 10.2. The molecule has 0 spiro atoms. The van der Waals surface area contributed by atoms with Crippen LogP contribution in [0.5, 0.6) is 0 Å². The van der Waals surface area contributed by atoms with Crippen molar-refractivity contribution in [3.05, 3.63) is 23.9 Å². The van der Waals surface area contributed by atoms with Crippen LogP contribution in [0, 0.1) is 0 Å². The smallest absolute Gasteiger partial charge is 0.159 e. The van der Waals surface area contributed by atoms with E-state index in [1.54, 1.807) is 18.3 Å².